The fraction of sp³-hybridized carbons (Fsp3) is 0.615. The van der Waals surface area contributed by atoms with E-state index in [9.17, 15) is 24.3 Å². The van der Waals surface area contributed by atoms with E-state index in [1.165, 1.54) is 19.1 Å². The summed E-state index contributed by atoms with van der Waals surface area (Å²) >= 11 is 0. The maximum Gasteiger partial charge on any atom is 0.303 e. The zero-order valence-corrected chi connectivity index (χ0v) is 21.0. The third kappa shape index (κ3) is 6.29. The molecule has 3 rings (SSSR count). The largest absolute Gasteiger partial charge is 0.456 e. The van der Waals surface area contributed by atoms with Gasteiger partial charge < -0.3 is 24.1 Å². The molecular weight excluding hydrogens is 470 g/mol. The molecule has 0 aliphatic carbocycles. The minimum Gasteiger partial charge on any atom is -0.456 e. The quantitative estimate of drug-likeness (QED) is 0.259. The van der Waals surface area contributed by atoms with Crippen LogP contribution in [0.3, 0.4) is 0 Å². The molecule has 1 aromatic rings. The predicted octanol–water partition coefficient (Wildman–Crippen LogP) is 2.61. The van der Waals surface area contributed by atoms with E-state index in [4.69, 9.17) is 18.9 Å². The Morgan fingerprint density at radius 3 is 2.03 bits per heavy atom. The molecule has 1 fully saturated rings. The molecule has 1 N–H and O–H groups in total. The first-order valence-electron chi connectivity index (χ1n) is 12.5. The average Bonchev–Trinajstić information content (AvgIpc) is 3.09. The Morgan fingerprint density at radius 1 is 0.917 bits per heavy atom. The van der Waals surface area contributed by atoms with Crippen molar-refractivity contribution in [1.82, 2.24) is 4.90 Å². The van der Waals surface area contributed by atoms with Crippen molar-refractivity contribution in [3.63, 3.8) is 0 Å². The van der Waals surface area contributed by atoms with E-state index in [0.717, 1.165) is 43.9 Å². The van der Waals surface area contributed by atoms with Crippen LogP contribution in [-0.2, 0) is 28.5 Å². The number of carbonyl (C=O) groups excluding carboxylic acids is 4. The van der Waals surface area contributed by atoms with Crippen LogP contribution in [0.5, 0.6) is 0 Å². The van der Waals surface area contributed by atoms with Crippen LogP contribution in [0.1, 0.15) is 80.0 Å². The van der Waals surface area contributed by atoms with Crippen LogP contribution in [0.2, 0.25) is 0 Å². The first-order chi connectivity index (χ1) is 17.3. The molecule has 0 unspecified atom stereocenters. The number of hydrogen-bond acceptors (Lipinski definition) is 9. The number of imide groups is 1. The van der Waals surface area contributed by atoms with Crippen LogP contribution in [0, 0.1) is 0 Å². The Bertz CT molecular complexity index is 914. The number of ether oxygens (including phenoxy) is 4. The molecule has 2 amide bonds. The van der Waals surface area contributed by atoms with Crippen molar-refractivity contribution >= 4 is 23.8 Å². The lowest BCUT2D eigenvalue weighted by molar-refractivity contribution is -0.285. The van der Waals surface area contributed by atoms with Gasteiger partial charge in [-0.25, -0.2) is 0 Å². The molecule has 2 aliphatic rings. The van der Waals surface area contributed by atoms with Gasteiger partial charge in [0.15, 0.2) is 18.5 Å². The smallest absolute Gasteiger partial charge is 0.303 e. The highest BCUT2D eigenvalue weighted by atomic mass is 16.7. The standard InChI is InChI=1S/C26H35NO9/c1-4-5-6-7-8-11-14-33-26-21(27-24(31)18-12-9-10-13-19(18)25(27)32)23(35-17(3)30)22(34-16(2)29)20(15-28)36-26/h9-10,12-13,20-23,26,28H,4-8,11,14-15H2,1-3H3/t20-,21-,22-,23-,26-/m1/s1. The predicted molar refractivity (Wildman–Crippen MR) is 127 cm³/mol. The van der Waals surface area contributed by atoms with Crippen LogP contribution in [-0.4, -0.2) is 77.6 Å². The Morgan fingerprint density at radius 2 is 1.47 bits per heavy atom. The molecule has 10 nitrogen and oxygen atoms in total. The van der Waals surface area contributed by atoms with Crippen LogP contribution in [0.25, 0.3) is 0 Å². The number of carbonyl (C=O) groups is 4. The van der Waals surface area contributed by atoms with Gasteiger partial charge in [0.1, 0.15) is 12.1 Å². The van der Waals surface area contributed by atoms with Crippen LogP contribution < -0.4 is 0 Å². The Hall–Kier alpha value is -2.82. The molecule has 0 radical (unpaired) electrons. The second kappa shape index (κ2) is 12.9. The van der Waals surface area contributed by atoms with E-state index >= 15 is 0 Å². The van der Waals surface area contributed by atoms with Gasteiger partial charge in [0.2, 0.25) is 0 Å². The van der Waals surface area contributed by atoms with Gasteiger partial charge in [-0.3, -0.25) is 24.1 Å². The molecule has 0 aromatic heterocycles. The third-order valence-corrected chi connectivity index (χ3v) is 6.30. The second-order valence-corrected chi connectivity index (χ2v) is 9.03. The van der Waals surface area contributed by atoms with E-state index in [1.807, 2.05) is 0 Å². The fourth-order valence-corrected chi connectivity index (χ4v) is 4.67. The molecule has 1 saturated heterocycles. The summed E-state index contributed by atoms with van der Waals surface area (Å²) < 4.78 is 22.8. The number of fused-ring (bicyclic) bond motifs is 1. The fourth-order valence-electron chi connectivity index (χ4n) is 4.67. The molecule has 10 heteroatoms. The number of nitrogens with zero attached hydrogens (tertiary/aromatic N) is 1. The third-order valence-electron chi connectivity index (χ3n) is 6.30. The van der Waals surface area contributed by atoms with Gasteiger partial charge in [-0.05, 0) is 18.6 Å². The summed E-state index contributed by atoms with van der Waals surface area (Å²) in [5.74, 6) is -2.61. The topological polar surface area (TPSA) is 129 Å². The monoisotopic (exact) mass is 505 g/mol. The van der Waals surface area contributed by atoms with Gasteiger partial charge in [-0.2, -0.15) is 0 Å². The number of benzene rings is 1. The number of amides is 2. The molecule has 2 heterocycles. The molecular formula is C26H35NO9. The average molecular weight is 506 g/mol. The minimum absolute atomic E-state index is 0.201. The van der Waals surface area contributed by atoms with Crippen molar-refractivity contribution in [3.8, 4) is 0 Å². The summed E-state index contributed by atoms with van der Waals surface area (Å²) in [6.45, 7) is 4.17. The summed E-state index contributed by atoms with van der Waals surface area (Å²) in [4.78, 5) is 51.6. The molecule has 198 valence electrons. The molecule has 0 spiro atoms. The van der Waals surface area contributed by atoms with Gasteiger partial charge in [0, 0.05) is 20.5 Å². The lowest BCUT2D eigenvalue weighted by atomic mass is 9.94. The van der Waals surface area contributed by atoms with E-state index in [-0.39, 0.29) is 17.7 Å². The first kappa shape index (κ1) is 27.8. The van der Waals surface area contributed by atoms with Gasteiger partial charge in [-0.15, -0.1) is 0 Å². The number of aliphatic hydroxyl groups excluding tert-OH is 1. The number of rotatable bonds is 12. The molecule has 2 aliphatic heterocycles. The maximum absolute atomic E-state index is 13.3. The van der Waals surface area contributed by atoms with E-state index in [1.54, 1.807) is 12.1 Å². The Kier molecular flexibility index (Phi) is 9.98. The normalized spacial score (nSPS) is 25.6. The van der Waals surface area contributed by atoms with E-state index < -0.39 is 61.0 Å². The summed E-state index contributed by atoms with van der Waals surface area (Å²) in [6.07, 6.45) is 1.23. The van der Waals surface area contributed by atoms with Crippen molar-refractivity contribution in [1.29, 1.82) is 0 Å². The Labute approximate surface area is 210 Å². The van der Waals surface area contributed by atoms with Crippen molar-refractivity contribution < 1.29 is 43.2 Å². The van der Waals surface area contributed by atoms with Crippen molar-refractivity contribution in [2.75, 3.05) is 13.2 Å². The highest BCUT2D eigenvalue weighted by Crippen LogP contribution is 2.35. The Balaban J connectivity index is 1.91. The lowest BCUT2D eigenvalue weighted by Crippen LogP contribution is -2.67. The maximum atomic E-state index is 13.3. The molecule has 0 bridgehead atoms. The van der Waals surface area contributed by atoms with Gasteiger partial charge >= 0.3 is 11.9 Å². The molecule has 0 saturated carbocycles. The van der Waals surface area contributed by atoms with Crippen LogP contribution >= 0.6 is 0 Å². The highest BCUT2D eigenvalue weighted by molar-refractivity contribution is 6.21. The van der Waals surface area contributed by atoms with Crippen LogP contribution in [0.15, 0.2) is 24.3 Å². The highest BCUT2D eigenvalue weighted by Gasteiger charge is 2.56. The summed E-state index contributed by atoms with van der Waals surface area (Å²) in [7, 11) is 0. The zero-order valence-electron chi connectivity index (χ0n) is 21.0. The molecule has 5 atom stereocenters. The summed E-state index contributed by atoms with van der Waals surface area (Å²) in [6, 6.07) is 5.11. The minimum atomic E-state index is -1.31. The second-order valence-electron chi connectivity index (χ2n) is 9.03. The SMILES string of the molecule is CCCCCCCCO[C@@H]1O[C@H](CO)[C@@H](OC(C)=O)[C@H](OC(C)=O)[C@H]1N1C(=O)c2ccccc2C1=O. The van der Waals surface area contributed by atoms with Gasteiger partial charge in [-0.1, -0.05) is 51.2 Å². The summed E-state index contributed by atoms with van der Waals surface area (Å²) in [5.41, 5.74) is 0.402. The lowest BCUT2D eigenvalue weighted by Gasteiger charge is -2.46. The molecule has 36 heavy (non-hydrogen) atoms. The van der Waals surface area contributed by atoms with Crippen LogP contribution in [0.4, 0.5) is 0 Å². The number of hydrogen-bond donors (Lipinski definition) is 1. The van der Waals surface area contributed by atoms with Crippen molar-refractivity contribution in [3.05, 3.63) is 35.4 Å². The number of aliphatic hydroxyl groups is 1. The zero-order chi connectivity index (χ0) is 26.2. The number of esters is 2. The first-order valence-corrected chi connectivity index (χ1v) is 12.5. The van der Waals surface area contributed by atoms with E-state index in [2.05, 4.69) is 6.92 Å². The van der Waals surface area contributed by atoms with Crippen molar-refractivity contribution in [2.24, 2.45) is 0 Å². The molecule has 1 aromatic carbocycles. The van der Waals surface area contributed by atoms with Gasteiger partial charge in [0.05, 0.1) is 17.7 Å². The van der Waals surface area contributed by atoms with E-state index in [0.29, 0.717) is 6.42 Å². The summed E-state index contributed by atoms with van der Waals surface area (Å²) in [5, 5.41) is 9.97. The van der Waals surface area contributed by atoms with Crippen molar-refractivity contribution in [2.45, 2.75) is 89.9 Å². The number of unbranched alkanes of at least 4 members (excludes halogenated alkanes) is 5. The van der Waals surface area contributed by atoms with Gasteiger partial charge in [0.25, 0.3) is 11.8 Å².